The Balaban J connectivity index is 1.78. The van der Waals surface area contributed by atoms with E-state index in [1.165, 1.54) is 6.07 Å². The highest BCUT2D eigenvalue weighted by atomic mass is 35.5. The van der Waals surface area contributed by atoms with Crippen LogP contribution in [0, 0.1) is 0 Å². The Bertz CT molecular complexity index is 704. The number of nitrogens with one attached hydrogen (secondary N) is 1. The minimum atomic E-state index is -0.987. The van der Waals surface area contributed by atoms with E-state index in [1.807, 2.05) is 12.1 Å². The third kappa shape index (κ3) is 2.66. The van der Waals surface area contributed by atoms with E-state index < -0.39 is 11.4 Å². The van der Waals surface area contributed by atoms with Crippen LogP contribution in [0.3, 0.4) is 0 Å². The van der Waals surface area contributed by atoms with Crippen LogP contribution in [-0.2, 0) is 10.2 Å². The van der Waals surface area contributed by atoms with Crippen LogP contribution in [0.2, 0.25) is 5.02 Å². The van der Waals surface area contributed by atoms with Gasteiger partial charge in [-0.25, -0.2) is 4.79 Å². The average Bonchev–Trinajstić information content (AvgIpc) is 3.13. The molecule has 0 bridgehead atoms. The molecule has 1 amide bonds. The monoisotopic (exact) mass is 321 g/mol. The van der Waals surface area contributed by atoms with E-state index in [0.29, 0.717) is 10.0 Å². The molecule has 1 aliphatic carbocycles. The number of carbonyl (C=O) groups is 2. The summed E-state index contributed by atoms with van der Waals surface area (Å²) in [6, 6.07) is 10.4. The van der Waals surface area contributed by atoms with E-state index in [0.717, 1.165) is 29.7 Å². The maximum Gasteiger partial charge on any atom is 0.345 e. The van der Waals surface area contributed by atoms with Crippen molar-refractivity contribution < 1.29 is 14.7 Å². The Morgan fingerprint density at radius 3 is 2.33 bits per heavy atom. The highest BCUT2D eigenvalue weighted by molar-refractivity contribution is 7.18. The van der Waals surface area contributed by atoms with E-state index in [2.05, 4.69) is 5.32 Å². The summed E-state index contributed by atoms with van der Waals surface area (Å²) < 4.78 is 0. The summed E-state index contributed by atoms with van der Waals surface area (Å²) in [6.07, 6.45) is 1.58. The molecule has 1 heterocycles. The molecular weight excluding hydrogens is 310 g/mol. The Hall–Kier alpha value is -1.85. The quantitative estimate of drug-likeness (QED) is 0.900. The fourth-order valence-electron chi connectivity index (χ4n) is 2.29. The zero-order valence-electron chi connectivity index (χ0n) is 10.9. The molecule has 2 aromatic rings. The zero-order valence-corrected chi connectivity index (χ0v) is 12.5. The number of thiophene rings is 1. The molecule has 1 fully saturated rings. The molecule has 0 aliphatic heterocycles. The van der Waals surface area contributed by atoms with Crippen LogP contribution < -0.4 is 5.32 Å². The van der Waals surface area contributed by atoms with E-state index in [-0.39, 0.29) is 10.8 Å². The van der Waals surface area contributed by atoms with Crippen LogP contribution in [0.1, 0.15) is 28.1 Å². The van der Waals surface area contributed by atoms with Crippen molar-refractivity contribution in [3.05, 3.63) is 51.9 Å². The molecule has 4 nitrogen and oxygen atoms in total. The van der Waals surface area contributed by atoms with Gasteiger partial charge in [0.15, 0.2) is 0 Å². The molecule has 21 heavy (non-hydrogen) atoms. The van der Waals surface area contributed by atoms with Gasteiger partial charge in [-0.3, -0.25) is 4.79 Å². The van der Waals surface area contributed by atoms with Crippen LogP contribution in [0.4, 0.5) is 5.00 Å². The predicted molar refractivity (Wildman–Crippen MR) is 82.3 cm³/mol. The number of anilines is 1. The number of aromatic carboxylic acids is 1. The number of hydrogen-bond acceptors (Lipinski definition) is 3. The summed E-state index contributed by atoms with van der Waals surface area (Å²) in [6.45, 7) is 0. The number of carboxylic acid groups (broad SMARTS) is 1. The topological polar surface area (TPSA) is 66.4 Å². The number of amides is 1. The van der Waals surface area contributed by atoms with Crippen molar-refractivity contribution in [3.63, 3.8) is 0 Å². The smallest absolute Gasteiger partial charge is 0.345 e. The molecule has 108 valence electrons. The number of hydrogen-bond donors (Lipinski definition) is 2. The van der Waals surface area contributed by atoms with Gasteiger partial charge in [-0.05, 0) is 42.7 Å². The third-order valence-electron chi connectivity index (χ3n) is 3.63. The number of benzene rings is 1. The maximum atomic E-state index is 12.5. The second-order valence-corrected chi connectivity index (χ2v) is 6.53. The lowest BCUT2D eigenvalue weighted by Crippen LogP contribution is -2.27. The first-order valence-electron chi connectivity index (χ1n) is 6.42. The van der Waals surface area contributed by atoms with Crippen molar-refractivity contribution in [1.82, 2.24) is 0 Å². The molecule has 2 N–H and O–H groups in total. The normalized spacial score (nSPS) is 15.5. The molecule has 1 aromatic heterocycles. The number of rotatable bonds is 4. The minimum Gasteiger partial charge on any atom is -0.477 e. The van der Waals surface area contributed by atoms with Gasteiger partial charge in [0, 0.05) is 5.02 Å². The fraction of sp³-hybridized carbons (Fsp3) is 0.200. The summed E-state index contributed by atoms with van der Waals surface area (Å²) in [7, 11) is 0. The Morgan fingerprint density at radius 1 is 1.14 bits per heavy atom. The van der Waals surface area contributed by atoms with Crippen LogP contribution in [-0.4, -0.2) is 17.0 Å². The SMILES string of the molecule is O=C(O)c1ccc(NC(=O)C2(c3ccc(Cl)cc3)CC2)s1. The van der Waals surface area contributed by atoms with Crippen LogP contribution >= 0.6 is 22.9 Å². The summed E-state index contributed by atoms with van der Waals surface area (Å²) in [5.41, 5.74) is 0.442. The summed E-state index contributed by atoms with van der Waals surface area (Å²) in [5.74, 6) is -1.08. The van der Waals surface area contributed by atoms with Crippen molar-refractivity contribution in [3.8, 4) is 0 Å². The third-order valence-corrected chi connectivity index (χ3v) is 4.88. The van der Waals surface area contributed by atoms with E-state index >= 15 is 0 Å². The molecule has 0 atom stereocenters. The van der Waals surface area contributed by atoms with E-state index in [4.69, 9.17) is 16.7 Å². The Labute approximate surface area is 130 Å². The first kappa shape index (κ1) is 14.1. The molecule has 0 saturated heterocycles. The molecule has 6 heteroatoms. The average molecular weight is 322 g/mol. The van der Waals surface area contributed by atoms with Gasteiger partial charge in [-0.1, -0.05) is 23.7 Å². The molecule has 1 aromatic carbocycles. The van der Waals surface area contributed by atoms with Gasteiger partial charge in [0.05, 0.1) is 10.4 Å². The van der Waals surface area contributed by atoms with Gasteiger partial charge in [0.1, 0.15) is 4.88 Å². The standard InChI is InChI=1S/C15H12ClNO3S/c16-10-3-1-9(2-4-10)15(7-8-15)14(20)17-12-6-5-11(21-12)13(18)19/h1-6H,7-8H2,(H,17,20)(H,18,19). The first-order chi connectivity index (χ1) is 10.0. The Morgan fingerprint density at radius 2 is 1.81 bits per heavy atom. The predicted octanol–water partition coefficient (Wildman–Crippen LogP) is 3.77. The van der Waals surface area contributed by atoms with Gasteiger partial charge in [-0.15, -0.1) is 11.3 Å². The molecule has 0 spiro atoms. The van der Waals surface area contributed by atoms with Crippen LogP contribution in [0.25, 0.3) is 0 Å². The fourth-order valence-corrected chi connectivity index (χ4v) is 3.16. The summed E-state index contributed by atoms with van der Waals surface area (Å²) in [5, 5.41) is 12.9. The largest absolute Gasteiger partial charge is 0.477 e. The maximum absolute atomic E-state index is 12.5. The Kier molecular flexibility index (Phi) is 3.47. The summed E-state index contributed by atoms with van der Waals surface area (Å²) in [4.78, 5) is 23.5. The van der Waals surface area contributed by atoms with E-state index in [1.54, 1.807) is 18.2 Å². The molecule has 0 unspecified atom stereocenters. The van der Waals surface area contributed by atoms with Crippen LogP contribution in [0.15, 0.2) is 36.4 Å². The first-order valence-corrected chi connectivity index (χ1v) is 7.61. The van der Waals surface area contributed by atoms with Crippen molar-refractivity contribution in [2.24, 2.45) is 0 Å². The lowest BCUT2D eigenvalue weighted by Gasteiger charge is -2.15. The second kappa shape index (κ2) is 5.16. The van der Waals surface area contributed by atoms with Gasteiger partial charge in [-0.2, -0.15) is 0 Å². The molecule has 0 radical (unpaired) electrons. The second-order valence-electron chi connectivity index (χ2n) is 5.01. The molecule has 3 rings (SSSR count). The summed E-state index contributed by atoms with van der Waals surface area (Å²) >= 11 is 6.93. The highest BCUT2D eigenvalue weighted by Crippen LogP contribution is 2.49. The number of halogens is 1. The highest BCUT2D eigenvalue weighted by Gasteiger charge is 2.51. The number of carbonyl (C=O) groups excluding carboxylic acids is 1. The van der Waals surface area contributed by atoms with Gasteiger partial charge in [0.25, 0.3) is 0 Å². The lowest BCUT2D eigenvalue weighted by atomic mass is 9.95. The van der Waals surface area contributed by atoms with Gasteiger partial charge < -0.3 is 10.4 Å². The lowest BCUT2D eigenvalue weighted by molar-refractivity contribution is -0.118. The van der Waals surface area contributed by atoms with Crippen LogP contribution in [0.5, 0.6) is 0 Å². The van der Waals surface area contributed by atoms with Crippen molar-refractivity contribution in [1.29, 1.82) is 0 Å². The number of carboxylic acids is 1. The van der Waals surface area contributed by atoms with Gasteiger partial charge in [0.2, 0.25) is 5.91 Å². The molecule has 1 aliphatic rings. The van der Waals surface area contributed by atoms with Crippen molar-refractivity contribution >= 4 is 39.8 Å². The molecule has 1 saturated carbocycles. The van der Waals surface area contributed by atoms with Crippen molar-refractivity contribution in [2.75, 3.05) is 5.32 Å². The molecular formula is C15H12ClNO3S. The van der Waals surface area contributed by atoms with E-state index in [9.17, 15) is 9.59 Å². The van der Waals surface area contributed by atoms with Gasteiger partial charge >= 0.3 is 5.97 Å². The minimum absolute atomic E-state index is 0.0939. The van der Waals surface area contributed by atoms with Crippen molar-refractivity contribution in [2.45, 2.75) is 18.3 Å². The zero-order chi connectivity index (χ0) is 15.0.